The van der Waals surface area contributed by atoms with Gasteiger partial charge in [-0.2, -0.15) is 0 Å². The number of sulfonamides is 1. The fraction of sp³-hybridized carbons (Fsp3) is 0.125. The summed E-state index contributed by atoms with van der Waals surface area (Å²) in [6.07, 6.45) is 0. The van der Waals surface area contributed by atoms with Gasteiger partial charge >= 0.3 is 5.97 Å². The minimum Gasteiger partial charge on any atom is -0.495 e. The SMILES string of the molecule is COc1ccc(S(=O)(=O)Nc2ccc(F)c(C(=O)O)c2)cc1NC(C)=O. The number of hydrogen-bond donors (Lipinski definition) is 3. The van der Waals surface area contributed by atoms with Crippen molar-refractivity contribution in [3.8, 4) is 5.75 Å². The largest absolute Gasteiger partial charge is 0.495 e. The summed E-state index contributed by atoms with van der Waals surface area (Å²) in [6.45, 7) is 1.25. The van der Waals surface area contributed by atoms with Crippen LogP contribution in [0.3, 0.4) is 0 Å². The number of rotatable bonds is 6. The Bertz CT molecular complexity index is 975. The van der Waals surface area contributed by atoms with E-state index in [4.69, 9.17) is 9.84 Å². The Morgan fingerprint density at radius 2 is 1.85 bits per heavy atom. The molecule has 138 valence electrons. The zero-order valence-corrected chi connectivity index (χ0v) is 14.6. The van der Waals surface area contributed by atoms with Gasteiger partial charge in [0.25, 0.3) is 10.0 Å². The van der Waals surface area contributed by atoms with Crippen LogP contribution in [0, 0.1) is 5.82 Å². The Hall–Kier alpha value is -3.14. The molecular weight excluding hydrogens is 367 g/mol. The van der Waals surface area contributed by atoms with E-state index in [-0.39, 0.29) is 22.0 Å². The lowest BCUT2D eigenvalue weighted by Crippen LogP contribution is -2.15. The summed E-state index contributed by atoms with van der Waals surface area (Å²) in [7, 11) is -2.76. The number of carbonyl (C=O) groups excluding carboxylic acids is 1. The second kappa shape index (κ2) is 7.40. The molecule has 10 heteroatoms. The molecule has 0 heterocycles. The monoisotopic (exact) mass is 382 g/mol. The van der Waals surface area contributed by atoms with Crippen molar-refractivity contribution in [3.63, 3.8) is 0 Å². The molecule has 0 aliphatic rings. The number of carboxylic acids is 1. The summed E-state index contributed by atoms with van der Waals surface area (Å²) < 4.78 is 45.6. The topological polar surface area (TPSA) is 122 Å². The van der Waals surface area contributed by atoms with Crippen LogP contribution in [0.15, 0.2) is 41.3 Å². The Morgan fingerprint density at radius 1 is 1.15 bits per heavy atom. The van der Waals surface area contributed by atoms with Crippen molar-refractivity contribution in [3.05, 3.63) is 47.8 Å². The van der Waals surface area contributed by atoms with Crippen LogP contribution in [0.5, 0.6) is 5.75 Å². The van der Waals surface area contributed by atoms with Crippen LogP contribution in [0.4, 0.5) is 15.8 Å². The molecular formula is C16H15FN2O6S. The maximum atomic E-state index is 13.4. The Morgan fingerprint density at radius 3 is 2.42 bits per heavy atom. The lowest BCUT2D eigenvalue weighted by molar-refractivity contribution is -0.114. The Balaban J connectivity index is 2.40. The van der Waals surface area contributed by atoms with Crippen LogP contribution in [-0.2, 0) is 14.8 Å². The van der Waals surface area contributed by atoms with E-state index in [0.717, 1.165) is 18.2 Å². The maximum absolute atomic E-state index is 13.4. The molecule has 1 amide bonds. The van der Waals surface area contributed by atoms with Crippen LogP contribution in [-0.4, -0.2) is 32.5 Å². The molecule has 2 rings (SSSR count). The number of carboxylic acid groups (broad SMARTS) is 1. The number of amides is 1. The molecule has 0 saturated carbocycles. The number of hydrogen-bond acceptors (Lipinski definition) is 5. The third kappa shape index (κ3) is 4.28. The first kappa shape index (κ1) is 19.2. The Kier molecular flexibility index (Phi) is 5.46. The third-order valence-corrected chi connectivity index (χ3v) is 4.62. The van der Waals surface area contributed by atoms with Crippen molar-refractivity contribution in [2.24, 2.45) is 0 Å². The minimum absolute atomic E-state index is 0.124. The first-order valence-electron chi connectivity index (χ1n) is 7.15. The van der Waals surface area contributed by atoms with Crippen molar-refractivity contribution in [2.75, 3.05) is 17.1 Å². The zero-order chi connectivity index (χ0) is 19.5. The van der Waals surface area contributed by atoms with E-state index < -0.39 is 33.3 Å². The van der Waals surface area contributed by atoms with Crippen molar-refractivity contribution >= 4 is 33.3 Å². The number of aromatic carboxylic acids is 1. The van der Waals surface area contributed by atoms with Crippen molar-refractivity contribution in [1.82, 2.24) is 0 Å². The van der Waals surface area contributed by atoms with E-state index in [9.17, 15) is 22.4 Å². The van der Waals surface area contributed by atoms with Gasteiger partial charge in [0.05, 0.1) is 23.3 Å². The van der Waals surface area contributed by atoms with Crippen molar-refractivity contribution in [1.29, 1.82) is 0 Å². The maximum Gasteiger partial charge on any atom is 0.338 e. The molecule has 0 aromatic heterocycles. The average molecular weight is 382 g/mol. The van der Waals surface area contributed by atoms with Crippen molar-refractivity contribution in [2.45, 2.75) is 11.8 Å². The first-order valence-corrected chi connectivity index (χ1v) is 8.63. The number of benzene rings is 2. The summed E-state index contributed by atoms with van der Waals surface area (Å²) >= 11 is 0. The normalized spacial score (nSPS) is 10.9. The zero-order valence-electron chi connectivity index (χ0n) is 13.7. The Labute approximate surface area is 148 Å². The number of ether oxygens (including phenoxy) is 1. The summed E-state index contributed by atoms with van der Waals surface area (Å²) in [5.41, 5.74) is -0.646. The molecule has 0 spiro atoms. The molecule has 26 heavy (non-hydrogen) atoms. The third-order valence-electron chi connectivity index (χ3n) is 3.24. The molecule has 8 nitrogen and oxygen atoms in total. The molecule has 0 unspecified atom stereocenters. The highest BCUT2D eigenvalue weighted by Crippen LogP contribution is 2.28. The van der Waals surface area contributed by atoms with Gasteiger partial charge in [-0.25, -0.2) is 17.6 Å². The average Bonchev–Trinajstić information content (AvgIpc) is 2.55. The smallest absolute Gasteiger partial charge is 0.338 e. The van der Waals surface area contributed by atoms with Gasteiger partial charge in [-0.3, -0.25) is 9.52 Å². The molecule has 2 aromatic carbocycles. The van der Waals surface area contributed by atoms with Gasteiger partial charge in [0.1, 0.15) is 11.6 Å². The fourth-order valence-electron chi connectivity index (χ4n) is 2.11. The van der Waals surface area contributed by atoms with E-state index in [0.29, 0.717) is 0 Å². The van der Waals surface area contributed by atoms with E-state index >= 15 is 0 Å². The summed E-state index contributed by atoms with van der Waals surface area (Å²) in [4.78, 5) is 22.0. The number of nitrogens with one attached hydrogen (secondary N) is 2. The van der Waals surface area contributed by atoms with Crippen LogP contribution < -0.4 is 14.8 Å². The van der Waals surface area contributed by atoms with E-state index in [2.05, 4.69) is 10.0 Å². The highest BCUT2D eigenvalue weighted by molar-refractivity contribution is 7.92. The second-order valence-corrected chi connectivity index (χ2v) is 6.83. The number of carbonyl (C=O) groups is 2. The van der Waals surface area contributed by atoms with Gasteiger partial charge in [-0.15, -0.1) is 0 Å². The van der Waals surface area contributed by atoms with Crippen LogP contribution >= 0.6 is 0 Å². The van der Waals surface area contributed by atoms with Crippen LogP contribution in [0.25, 0.3) is 0 Å². The minimum atomic E-state index is -4.12. The van der Waals surface area contributed by atoms with Gasteiger partial charge in [0, 0.05) is 12.6 Å². The molecule has 0 aliphatic heterocycles. The lowest BCUT2D eigenvalue weighted by Gasteiger charge is -2.13. The van der Waals surface area contributed by atoms with E-state index in [1.165, 1.54) is 32.2 Å². The first-order chi connectivity index (χ1) is 12.1. The highest BCUT2D eigenvalue weighted by atomic mass is 32.2. The molecule has 2 aromatic rings. The summed E-state index contributed by atoms with van der Waals surface area (Å²) in [6, 6.07) is 6.59. The molecule has 3 N–H and O–H groups in total. The van der Waals surface area contributed by atoms with Gasteiger partial charge in [-0.05, 0) is 36.4 Å². The number of halogens is 1. The second-order valence-electron chi connectivity index (χ2n) is 5.15. The predicted octanol–water partition coefficient (Wildman–Crippen LogP) is 2.29. The molecule has 0 bridgehead atoms. The van der Waals surface area contributed by atoms with Crippen LogP contribution in [0.1, 0.15) is 17.3 Å². The van der Waals surface area contributed by atoms with Gasteiger partial charge in [-0.1, -0.05) is 0 Å². The number of methoxy groups -OCH3 is 1. The quantitative estimate of drug-likeness (QED) is 0.705. The number of anilines is 2. The van der Waals surface area contributed by atoms with Gasteiger partial charge < -0.3 is 15.2 Å². The van der Waals surface area contributed by atoms with Gasteiger partial charge in [0.2, 0.25) is 5.91 Å². The molecule has 0 fully saturated rings. The lowest BCUT2D eigenvalue weighted by atomic mass is 10.2. The fourth-order valence-corrected chi connectivity index (χ4v) is 3.18. The molecule has 0 aliphatic carbocycles. The summed E-state index contributed by atoms with van der Waals surface area (Å²) in [5, 5.41) is 11.4. The highest BCUT2D eigenvalue weighted by Gasteiger charge is 2.19. The molecule has 0 atom stereocenters. The summed E-state index contributed by atoms with van der Waals surface area (Å²) in [5.74, 6) is -2.68. The van der Waals surface area contributed by atoms with E-state index in [1.54, 1.807) is 0 Å². The van der Waals surface area contributed by atoms with Gasteiger partial charge in [0.15, 0.2) is 0 Å². The van der Waals surface area contributed by atoms with Crippen molar-refractivity contribution < 1.29 is 32.2 Å². The van der Waals surface area contributed by atoms with Crippen LogP contribution in [0.2, 0.25) is 0 Å². The molecule has 0 radical (unpaired) electrons. The standard InChI is InChI=1S/C16H15FN2O6S/c1-9(20)18-14-8-11(4-6-15(14)25-2)26(23,24)19-10-3-5-13(17)12(7-10)16(21)22/h3-8,19H,1-2H3,(H,18,20)(H,21,22). The molecule has 0 saturated heterocycles. The van der Waals surface area contributed by atoms with E-state index in [1.807, 2.05) is 0 Å². The predicted molar refractivity (Wildman–Crippen MR) is 91.5 cm³/mol.